The van der Waals surface area contributed by atoms with Crippen LogP contribution in [0.3, 0.4) is 0 Å². The standard InChI is InChI=1S/C22H26Cl2N4O3/c23-18-2-1-14(9-19(18)24)20(13-29)27-22(30)28-6-3-15-11-25-21(10-16(15)12-28)26-17-4-7-31-8-5-17/h1-2,9-11,17,20,29H,3-8,12-13H2,(H,25,26)(H,27,30)/t20-/m1/s1. The molecule has 2 amide bonds. The first-order valence-corrected chi connectivity index (χ1v) is 11.2. The van der Waals surface area contributed by atoms with Crippen molar-refractivity contribution in [1.82, 2.24) is 15.2 Å². The van der Waals surface area contributed by atoms with Crippen LogP contribution in [0.1, 0.15) is 35.6 Å². The third-order valence-corrected chi connectivity index (χ3v) is 6.52. The number of aromatic nitrogens is 1. The number of amides is 2. The summed E-state index contributed by atoms with van der Waals surface area (Å²) < 4.78 is 5.41. The number of rotatable bonds is 5. The van der Waals surface area contributed by atoms with Gasteiger partial charge in [0.2, 0.25) is 0 Å². The van der Waals surface area contributed by atoms with Crippen molar-refractivity contribution in [3.63, 3.8) is 0 Å². The van der Waals surface area contributed by atoms with Crippen molar-refractivity contribution >= 4 is 35.1 Å². The maximum absolute atomic E-state index is 12.9. The summed E-state index contributed by atoms with van der Waals surface area (Å²) in [6, 6.07) is 6.67. The van der Waals surface area contributed by atoms with Gasteiger partial charge >= 0.3 is 6.03 Å². The van der Waals surface area contributed by atoms with Crippen LogP contribution in [0.5, 0.6) is 0 Å². The second-order valence-corrected chi connectivity index (χ2v) is 8.71. The van der Waals surface area contributed by atoms with Gasteiger partial charge in [-0.15, -0.1) is 0 Å². The first kappa shape index (κ1) is 22.1. The van der Waals surface area contributed by atoms with Gasteiger partial charge in [0.1, 0.15) is 5.82 Å². The zero-order valence-corrected chi connectivity index (χ0v) is 18.6. The highest BCUT2D eigenvalue weighted by Crippen LogP contribution is 2.26. The predicted octanol–water partition coefficient (Wildman–Crippen LogP) is 3.78. The van der Waals surface area contributed by atoms with Gasteiger partial charge in [-0.25, -0.2) is 9.78 Å². The smallest absolute Gasteiger partial charge is 0.318 e. The van der Waals surface area contributed by atoms with E-state index in [0.29, 0.717) is 34.7 Å². The molecule has 1 saturated heterocycles. The summed E-state index contributed by atoms with van der Waals surface area (Å²) in [5, 5.41) is 17.0. The van der Waals surface area contributed by atoms with Gasteiger partial charge in [-0.3, -0.25) is 0 Å². The molecule has 0 aliphatic carbocycles. The maximum atomic E-state index is 12.9. The van der Waals surface area contributed by atoms with E-state index in [1.165, 1.54) is 0 Å². The number of halogens is 2. The molecule has 0 radical (unpaired) electrons. The van der Waals surface area contributed by atoms with Crippen molar-refractivity contribution < 1.29 is 14.6 Å². The quantitative estimate of drug-likeness (QED) is 0.626. The molecule has 1 aromatic carbocycles. The number of hydrogen-bond donors (Lipinski definition) is 3. The van der Waals surface area contributed by atoms with Gasteiger partial charge in [0.15, 0.2) is 0 Å². The molecule has 4 rings (SSSR count). The first-order chi connectivity index (χ1) is 15.0. The van der Waals surface area contributed by atoms with Crippen LogP contribution < -0.4 is 10.6 Å². The van der Waals surface area contributed by atoms with Crippen LogP contribution in [0, 0.1) is 0 Å². The van der Waals surface area contributed by atoms with Crippen molar-refractivity contribution in [2.45, 2.75) is 37.9 Å². The van der Waals surface area contributed by atoms with Crippen LogP contribution in [-0.2, 0) is 17.7 Å². The average molecular weight is 465 g/mol. The molecule has 0 bridgehead atoms. The number of nitrogens with zero attached hydrogens (tertiary/aromatic N) is 2. The highest BCUT2D eigenvalue weighted by Gasteiger charge is 2.24. The second kappa shape index (κ2) is 10.0. The summed E-state index contributed by atoms with van der Waals surface area (Å²) in [5.41, 5.74) is 2.95. The van der Waals surface area contributed by atoms with Crippen molar-refractivity contribution in [1.29, 1.82) is 0 Å². The fourth-order valence-electron chi connectivity index (χ4n) is 3.94. The van der Waals surface area contributed by atoms with Crippen LogP contribution in [0.4, 0.5) is 10.6 Å². The van der Waals surface area contributed by atoms with E-state index in [-0.39, 0.29) is 12.6 Å². The Morgan fingerprint density at radius 3 is 2.77 bits per heavy atom. The number of carbonyl (C=O) groups is 1. The molecule has 3 N–H and O–H groups in total. The van der Waals surface area contributed by atoms with E-state index >= 15 is 0 Å². The number of carbonyl (C=O) groups excluding carboxylic acids is 1. The van der Waals surface area contributed by atoms with Gasteiger partial charge in [-0.2, -0.15) is 0 Å². The first-order valence-electron chi connectivity index (χ1n) is 10.5. The van der Waals surface area contributed by atoms with Crippen LogP contribution in [0.2, 0.25) is 10.0 Å². The molecule has 2 aliphatic heterocycles. The lowest BCUT2D eigenvalue weighted by molar-refractivity contribution is 0.0904. The van der Waals surface area contributed by atoms with Gasteiger partial charge < -0.3 is 25.4 Å². The highest BCUT2D eigenvalue weighted by atomic mass is 35.5. The van der Waals surface area contributed by atoms with Crippen molar-refractivity contribution in [3.05, 3.63) is 57.2 Å². The number of benzene rings is 1. The van der Waals surface area contributed by atoms with Crippen molar-refractivity contribution in [2.24, 2.45) is 0 Å². The second-order valence-electron chi connectivity index (χ2n) is 7.90. The third kappa shape index (κ3) is 5.41. The summed E-state index contributed by atoms with van der Waals surface area (Å²) in [5.74, 6) is 0.831. The molecule has 9 heteroatoms. The fraction of sp³-hybridized carbons (Fsp3) is 0.455. The molecule has 1 aromatic heterocycles. The molecule has 0 spiro atoms. The molecule has 31 heavy (non-hydrogen) atoms. The number of hydrogen-bond acceptors (Lipinski definition) is 5. The maximum Gasteiger partial charge on any atom is 0.318 e. The molecule has 0 saturated carbocycles. The van der Waals surface area contributed by atoms with E-state index in [9.17, 15) is 9.90 Å². The van der Waals surface area contributed by atoms with Gasteiger partial charge in [0.25, 0.3) is 0 Å². The number of urea groups is 1. The topological polar surface area (TPSA) is 86.7 Å². The minimum Gasteiger partial charge on any atom is -0.394 e. The molecule has 166 valence electrons. The monoisotopic (exact) mass is 464 g/mol. The van der Waals surface area contributed by atoms with Crippen molar-refractivity contribution in [3.8, 4) is 0 Å². The SMILES string of the molecule is O=C(N[C@H](CO)c1ccc(Cl)c(Cl)c1)N1CCc2cnc(NC3CCOCC3)cc2C1. The minimum absolute atomic E-state index is 0.230. The van der Waals surface area contributed by atoms with Crippen LogP contribution >= 0.6 is 23.2 Å². The van der Waals surface area contributed by atoms with Crippen LogP contribution in [0.25, 0.3) is 0 Å². The van der Waals surface area contributed by atoms with E-state index in [1.54, 1.807) is 23.1 Å². The Bertz CT molecular complexity index is 937. The summed E-state index contributed by atoms with van der Waals surface area (Å²) in [7, 11) is 0. The lowest BCUT2D eigenvalue weighted by atomic mass is 10.0. The number of anilines is 1. The fourth-order valence-corrected chi connectivity index (χ4v) is 4.25. The lowest BCUT2D eigenvalue weighted by Gasteiger charge is -2.31. The Hall–Kier alpha value is -2.06. The third-order valence-electron chi connectivity index (χ3n) is 5.78. The number of fused-ring (bicyclic) bond motifs is 1. The van der Waals surface area contributed by atoms with E-state index < -0.39 is 6.04 Å². The van der Waals surface area contributed by atoms with E-state index in [2.05, 4.69) is 15.6 Å². The molecule has 2 aromatic rings. The number of nitrogens with one attached hydrogen (secondary N) is 2. The highest BCUT2D eigenvalue weighted by molar-refractivity contribution is 6.42. The van der Waals surface area contributed by atoms with Crippen molar-refractivity contribution in [2.75, 3.05) is 31.7 Å². The molecular formula is C22H26Cl2N4O3. The molecule has 1 fully saturated rings. The Labute approximate surface area is 191 Å². The number of aliphatic hydroxyl groups excluding tert-OH is 1. The lowest BCUT2D eigenvalue weighted by Crippen LogP contribution is -2.44. The van der Waals surface area contributed by atoms with Gasteiger partial charge in [0, 0.05) is 38.5 Å². The largest absolute Gasteiger partial charge is 0.394 e. The number of pyridine rings is 1. The molecule has 0 unspecified atom stereocenters. The Kier molecular flexibility index (Phi) is 7.17. The molecule has 2 aliphatic rings. The molecule has 3 heterocycles. The molecule has 1 atom stereocenters. The molecular weight excluding hydrogens is 439 g/mol. The summed E-state index contributed by atoms with van der Waals surface area (Å²) >= 11 is 12.1. The average Bonchev–Trinajstić information content (AvgIpc) is 2.79. The number of ether oxygens (including phenoxy) is 1. The van der Waals surface area contributed by atoms with Crippen LogP contribution in [-0.4, -0.2) is 53.4 Å². The van der Waals surface area contributed by atoms with Gasteiger partial charge in [-0.05, 0) is 54.2 Å². The van der Waals surface area contributed by atoms with Crippen LogP contribution in [0.15, 0.2) is 30.5 Å². The van der Waals surface area contributed by atoms with E-state index in [0.717, 1.165) is 49.4 Å². The zero-order chi connectivity index (χ0) is 21.8. The summed E-state index contributed by atoms with van der Waals surface area (Å²) in [6.45, 7) is 2.37. The normalized spacial score (nSPS) is 17.7. The Morgan fingerprint density at radius 2 is 2.03 bits per heavy atom. The summed E-state index contributed by atoms with van der Waals surface area (Å²) in [6.07, 6.45) is 4.57. The van der Waals surface area contributed by atoms with E-state index in [1.807, 2.05) is 12.3 Å². The Morgan fingerprint density at radius 1 is 1.23 bits per heavy atom. The number of aliphatic hydroxyl groups is 1. The predicted molar refractivity (Wildman–Crippen MR) is 121 cm³/mol. The van der Waals surface area contributed by atoms with Gasteiger partial charge in [0.05, 0.1) is 22.7 Å². The minimum atomic E-state index is -0.563. The zero-order valence-electron chi connectivity index (χ0n) is 17.1. The Balaban J connectivity index is 1.41. The summed E-state index contributed by atoms with van der Waals surface area (Å²) in [4.78, 5) is 19.2. The van der Waals surface area contributed by atoms with E-state index in [4.69, 9.17) is 27.9 Å². The van der Waals surface area contributed by atoms with Gasteiger partial charge in [-0.1, -0.05) is 29.3 Å². The molecule has 7 nitrogen and oxygen atoms in total.